The van der Waals surface area contributed by atoms with Crippen molar-refractivity contribution >= 4 is 5.91 Å². The van der Waals surface area contributed by atoms with E-state index in [-0.39, 0.29) is 18.6 Å². The normalized spacial score (nSPS) is 11.4. The highest BCUT2D eigenvalue weighted by molar-refractivity contribution is 5.78. The van der Waals surface area contributed by atoms with E-state index in [0.717, 1.165) is 17.1 Å². The Hall–Kier alpha value is -2.69. The highest BCUT2D eigenvalue weighted by Crippen LogP contribution is 2.24. The topological polar surface area (TPSA) is 56.8 Å². The molecule has 5 heteroatoms. The van der Waals surface area contributed by atoms with Gasteiger partial charge < -0.3 is 19.5 Å². The fraction of sp³-hybridized carbons (Fsp3) is 0.278. The number of carbonyl (C=O) groups excluding carboxylic acids is 1. The number of amides is 1. The van der Waals surface area contributed by atoms with E-state index in [1.54, 1.807) is 38.5 Å². The van der Waals surface area contributed by atoms with Gasteiger partial charge in [-0.3, -0.25) is 4.79 Å². The minimum Gasteiger partial charge on any atom is -0.497 e. The molecule has 0 aromatic heterocycles. The highest BCUT2D eigenvalue weighted by atomic mass is 16.5. The lowest BCUT2D eigenvalue weighted by molar-refractivity contribution is -0.123. The van der Waals surface area contributed by atoms with Crippen LogP contribution in [0.4, 0.5) is 0 Å². The van der Waals surface area contributed by atoms with E-state index < -0.39 is 0 Å². The van der Waals surface area contributed by atoms with Gasteiger partial charge >= 0.3 is 0 Å². The largest absolute Gasteiger partial charge is 0.497 e. The molecule has 0 aliphatic carbocycles. The van der Waals surface area contributed by atoms with Crippen molar-refractivity contribution in [3.8, 4) is 17.2 Å². The average Bonchev–Trinajstić information content (AvgIpc) is 2.60. The lowest BCUT2D eigenvalue weighted by Gasteiger charge is -2.17. The summed E-state index contributed by atoms with van der Waals surface area (Å²) < 4.78 is 15.8. The number of carbonyl (C=O) groups is 1. The highest BCUT2D eigenvalue weighted by Gasteiger charge is 2.13. The van der Waals surface area contributed by atoms with Crippen LogP contribution in [-0.4, -0.2) is 26.7 Å². The van der Waals surface area contributed by atoms with E-state index in [1.807, 2.05) is 31.2 Å². The Morgan fingerprint density at radius 3 is 2.30 bits per heavy atom. The molecule has 1 amide bonds. The predicted octanol–water partition coefficient (Wildman–Crippen LogP) is 2.96. The van der Waals surface area contributed by atoms with E-state index in [0.29, 0.717) is 5.75 Å². The zero-order valence-corrected chi connectivity index (χ0v) is 13.5. The van der Waals surface area contributed by atoms with E-state index in [2.05, 4.69) is 5.32 Å². The molecule has 0 saturated heterocycles. The Kier molecular flexibility index (Phi) is 5.86. The second-order valence-electron chi connectivity index (χ2n) is 5.00. The molecule has 0 aliphatic rings. The number of hydrogen-bond donors (Lipinski definition) is 1. The summed E-state index contributed by atoms with van der Waals surface area (Å²) in [6.45, 7) is 1.86. The van der Waals surface area contributed by atoms with Crippen LogP contribution in [0, 0.1) is 0 Å². The first-order valence-corrected chi connectivity index (χ1v) is 7.33. The molecule has 1 N–H and O–H groups in total. The molecule has 23 heavy (non-hydrogen) atoms. The first-order valence-electron chi connectivity index (χ1n) is 7.33. The van der Waals surface area contributed by atoms with Crippen molar-refractivity contribution in [1.29, 1.82) is 0 Å². The SMILES string of the molecule is COc1ccc(OCC(=O)N[C@H](C)c2ccccc2OC)cc1. The van der Waals surface area contributed by atoms with Crippen molar-refractivity contribution in [2.45, 2.75) is 13.0 Å². The number of para-hydroxylation sites is 1. The Morgan fingerprint density at radius 1 is 1.00 bits per heavy atom. The van der Waals surface area contributed by atoms with Gasteiger partial charge in [-0.1, -0.05) is 18.2 Å². The molecule has 0 bridgehead atoms. The molecule has 2 aromatic rings. The van der Waals surface area contributed by atoms with Gasteiger partial charge in [-0.25, -0.2) is 0 Å². The second kappa shape index (κ2) is 8.08. The number of nitrogens with one attached hydrogen (secondary N) is 1. The Bertz CT molecular complexity index is 640. The smallest absolute Gasteiger partial charge is 0.258 e. The van der Waals surface area contributed by atoms with Gasteiger partial charge in [0.1, 0.15) is 17.2 Å². The third kappa shape index (κ3) is 4.64. The van der Waals surface area contributed by atoms with Gasteiger partial charge in [-0.05, 0) is 37.3 Å². The molecule has 2 rings (SSSR count). The van der Waals surface area contributed by atoms with Crippen molar-refractivity contribution in [2.24, 2.45) is 0 Å². The molecule has 0 heterocycles. The summed E-state index contributed by atoms with van der Waals surface area (Å²) in [6, 6.07) is 14.5. The molecule has 0 aliphatic heterocycles. The maximum atomic E-state index is 12.0. The summed E-state index contributed by atoms with van der Waals surface area (Å²) in [5, 5.41) is 2.90. The zero-order chi connectivity index (χ0) is 16.7. The molecule has 0 radical (unpaired) electrons. The quantitative estimate of drug-likeness (QED) is 0.853. The second-order valence-corrected chi connectivity index (χ2v) is 5.00. The molecule has 5 nitrogen and oxygen atoms in total. The minimum absolute atomic E-state index is 0.0498. The molecule has 2 aromatic carbocycles. The molecule has 0 saturated carbocycles. The number of ether oxygens (including phenoxy) is 3. The first-order chi connectivity index (χ1) is 11.1. The van der Waals surface area contributed by atoms with Crippen LogP contribution in [0.25, 0.3) is 0 Å². The maximum absolute atomic E-state index is 12.0. The van der Waals surface area contributed by atoms with Crippen LogP contribution < -0.4 is 19.5 Å². The Balaban J connectivity index is 1.88. The van der Waals surface area contributed by atoms with Crippen molar-refractivity contribution in [3.63, 3.8) is 0 Å². The third-order valence-corrected chi connectivity index (χ3v) is 3.41. The van der Waals surface area contributed by atoms with Crippen LogP contribution in [0.2, 0.25) is 0 Å². The summed E-state index contributed by atoms with van der Waals surface area (Å²) in [6.07, 6.45) is 0. The van der Waals surface area contributed by atoms with Crippen molar-refractivity contribution in [3.05, 3.63) is 54.1 Å². The van der Waals surface area contributed by atoms with E-state index >= 15 is 0 Å². The van der Waals surface area contributed by atoms with E-state index in [1.165, 1.54) is 0 Å². The summed E-state index contributed by atoms with van der Waals surface area (Å²) in [5.74, 6) is 1.91. The first kappa shape index (κ1) is 16.7. The maximum Gasteiger partial charge on any atom is 0.258 e. The Labute approximate surface area is 136 Å². The zero-order valence-electron chi connectivity index (χ0n) is 13.5. The molecule has 122 valence electrons. The van der Waals surface area contributed by atoms with Crippen LogP contribution in [0.5, 0.6) is 17.2 Å². The number of methoxy groups -OCH3 is 2. The lowest BCUT2D eigenvalue weighted by Crippen LogP contribution is -2.31. The van der Waals surface area contributed by atoms with Gasteiger partial charge in [-0.15, -0.1) is 0 Å². The van der Waals surface area contributed by atoms with Crippen LogP contribution in [0.15, 0.2) is 48.5 Å². The van der Waals surface area contributed by atoms with Crippen molar-refractivity contribution < 1.29 is 19.0 Å². The van der Waals surface area contributed by atoms with Gasteiger partial charge in [-0.2, -0.15) is 0 Å². The van der Waals surface area contributed by atoms with Crippen LogP contribution in [0.3, 0.4) is 0 Å². The average molecular weight is 315 g/mol. The third-order valence-electron chi connectivity index (χ3n) is 3.41. The fourth-order valence-electron chi connectivity index (χ4n) is 2.21. The van der Waals surface area contributed by atoms with E-state index in [4.69, 9.17) is 14.2 Å². The monoisotopic (exact) mass is 315 g/mol. The summed E-state index contributed by atoms with van der Waals surface area (Å²) >= 11 is 0. The van der Waals surface area contributed by atoms with E-state index in [9.17, 15) is 4.79 Å². The lowest BCUT2D eigenvalue weighted by atomic mass is 10.1. The molecule has 0 spiro atoms. The fourth-order valence-corrected chi connectivity index (χ4v) is 2.21. The van der Waals surface area contributed by atoms with Gasteiger partial charge in [0.25, 0.3) is 5.91 Å². The number of hydrogen-bond acceptors (Lipinski definition) is 4. The van der Waals surface area contributed by atoms with Crippen LogP contribution >= 0.6 is 0 Å². The van der Waals surface area contributed by atoms with Crippen LogP contribution in [-0.2, 0) is 4.79 Å². The molecule has 0 unspecified atom stereocenters. The van der Waals surface area contributed by atoms with Gasteiger partial charge in [0.2, 0.25) is 0 Å². The number of rotatable bonds is 7. The van der Waals surface area contributed by atoms with Crippen LogP contribution in [0.1, 0.15) is 18.5 Å². The standard InChI is InChI=1S/C18H21NO4/c1-13(16-6-4-5-7-17(16)22-3)19-18(20)12-23-15-10-8-14(21-2)9-11-15/h4-11,13H,12H2,1-3H3,(H,19,20)/t13-/m1/s1. The summed E-state index contributed by atoms with van der Waals surface area (Å²) in [5.41, 5.74) is 0.924. The van der Waals surface area contributed by atoms with Crippen molar-refractivity contribution in [1.82, 2.24) is 5.32 Å². The molecular weight excluding hydrogens is 294 g/mol. The predicted molar refractivity (Wildman–Crippen MR) is 88.0 cm³/mol. The molecular formula is C18H21NO4. The van der Waals surface area contributed by atoms with Gasteiger partial charge in [0.15, 0.2) is 6.61 Å². The summed E-state index contributed by atoms with van der Waals surface area (Å²) in [7, 11) is 3.21. The molecule has 1 atom stereocenters. The Morgan fingerprint density at radius 2 is 1.65 bits per heavy atom. The summed E-state index contributed by atoms with van der Waals surface area (Å²) in [4.78, 5) is 12.0. The minimum atomic E-state index is -0.195. The molecule has 0 fully saturated rings. The van der Waals surface area contributed by atoms with Gasteiger partial charge in [0.05, 0.1) is 20.3 Å². The van der Waals surface area contributed by atoms with Crippen molar-refractivity contribution in [2.75, 3.05) is 20.8 Å². The number of benzene rings is 2. The van der Waals surface area contributed by atoms with Gasteiger partial charge in [0, 0.05) is 5.56 Å².